The Kier molecular flexibility index (Phi) is 13.5. The third-order valence-electron chi connectivity index (χ3n) is 12.4. The number of pyridine rings is 2. The van der Waals surface area contributed by atoms with E-state index in [9.17, 15) is 9.90 Å². The molecular formula is C48H48ClF4N7O7. The maximum absolute atomic E-state index is 18.0. The van der Waals surface area contributed by atoms with Crippen LogP contribution >= 0.6 is 11.6 Å². The van der Waals surface area contributed by atoms with Gasteiger partial charge in [0.25, 0.3) is 0 Å². The summed E-state index contributed by atoms with van der Waals surface area (Å²) < 4.78 is 93.2. The quantitative estimate of drug-likeness (QED) is 0.0886. The molecule has 1 amide bonds. The standard InChI is InChI=1S/C48H48ClF4N7O7/c1-27-24-34(59(25-29-9-13-31(63-3)14-10-29)26-30-11-15-32(64-4)16-12-30)55-40(37(27)48(51,52)53)35-38(49)42-36-41(39(35)50)56-45(67-22-19-47(65-5)17-7-18-47)58-44(36)60(21-23-66-42)28(2)33-8-6-20-54-43(33)57-46(61)62/h6,8-16,20,24,28H,7,17-19,21-23,25-26H2,1-5H3,(H,54,57)(H,61,62)/t28-/m1/s1. The molecule has 3 aromatic carbocycles. The SMILES string of the molecule is COc1ccc(CN(Cc2ccc(OC)cc2)c2cc(C)c(C(F)(F)F)c(-c3c(Cl)c4c5c(nc(OCCC6(OC)CCC6)nc5c3F)N([C@H](C)c3cccnc3NC(=O)O)CCO4)n2)cc1. The summed E-state index contributed by atoms with van der Waals surface area (Å²) >= 11 is 7.15. The summed E-state index contributed by atoms with van der Waals surface area (Å²) in [4.78, 5) is 33.5. The van der Waals surface area contributed by atoms with E-state index in [1.165, 1.54) is 19.2 Å². The number of halogens is 5. The smallest absolute Gasteiger partial charge is 0.418 e. The number of hydrogen-bond donors (Lipinski definition) is 2. The Morgan fingerprint density at radius 2 is 1.66 bits per heavy atom. The summed E-state index contributed by atoms with van der Waals surface area (Å²) in [5, 5.41) is 11.4. The minimum absolute atomic E-state index is 0.0333. The largest absolute Gasteiger partial charge is 0.497 e. The van der Waals surface area contributed by atoms with Gasteiger partial charge in [-0.25, -0.2) is 19.2 Å². The average molecular weight is 946 g/mol. The number of aryl methyl sites for hydroxylation is 1. The van der Waals surface area contributed by atoms with Gasteiger partial charge in [0, 0.05) is 38.4 Å². The van der Waals surface area contributed by atoms with Crippen molar-refractivity contribution in [3.63, 3.8) is 0 Å². The van der Waals surface area contributed by atoms with Crippen molar-refractivity contribution in [2.75, 3.05) is 56.2 Å². The molecule has 2 N–H and O–H groups in total. The van der Waals surface area contributed by atoms with Crippen molar-refractivity contribution in [3.8, 4) is 34.5 Å². The molecule has 0 bridgehead atoms. The Bertz CT molecular complexity index is 2720. The Hall–Kier alpha value is -6.66. The fraction of sp³-hybridized carbons (Fsp3) is 0.354. The normalized spacial score (nSPS) is 14.7. The van der Waals surface area contributed by atoms with E-state index < -0.39 is 57.1 Å². The second-order valence-electron chi connectivity index (χ2n) is 16.4. The van der Waals surface area contributed by atoms with Crippen LogP contribution in [0.15, 0.2) is 72.9 Å². The van der Waals surface area contributed by atoms with E-state index in [4.69, 9.17) is 40.3 Å². The van der Waals surface area contributed by atoms with E-state index in [-0.39, 0.29) is 73.0 Å². The molecule has 19 heteroatoms. The monoisotopic (exact) mass is 945 g/mol. The van der Waals surface area contributed by atoms with Crippen LogP contribution in [0.1, 0.15) is 66.5 Å². The first-order valence-corrected chi connectivity index (χ1v) is 21.9. The van der Waals surface area contributed by atoms with Gasteiger partial charge in [-0.2, -0.15) is 23.1 Å². The number of nitrogens with zero attached hydrogens (tertiary/aromatic N) is 6. The third kappa shape index (κ3) is 9.63. The maximum atomic E-state index is 18.0. The van der Waals surface area contributed by atoms with Gasteiger partial charge in [0.15, 0.2) is 11.6 Å². The molecular weight excluding hydrogens is 898 g/mol. The lowest BCUT2D eigenvalue weighted by Gasteiger charge is -2.40. The topological polar surface area (TPSA) is 154 Å². The number of rotatable bonds is 16. The molecule has 14 nitrogen and oxygen atoms in total. The van der Waals surface area contributed by atoms with Crippen molar-refractivity contribution < 1.29 is 51.1 Å². The molecule has 67 heavy (non-hydrogen) atoms. The zero-order valence-electron chi connectivity index (χ0n) is 37.3. The summed E-state index contributed by atoms with van der Waals surface area (Å²) in [5.74, 6) is 0.0868. The van der Waals surface area contributed by atoms with E-state index in [1.54, 1.807) is 74.5 Å². The minimum Gasteiger partial charge on any atom is -0.497 e. The van der Waals surface area contributed by atoms with Gasteiger partial charge in [-0.3, -0.25) is 5.32 Å². The lowest BCUT2D eigenvalue weighted by atomic mass is 9.78. The molecule has 6 aromatic rings. The Morgan fingerprint density at radius 1 is 1.00 bits per heavy atom. The zero-order valence-corrected chi connectivity index (χ0v) is 38.1. The number of alkyl halides is 3. The van der Waals surface area contributed by atoms with Crippen LogP contribution in [0, 0.1) is 12.7 Å². The zero-order chi connectivity index (χ0) is 47.6. The maximum Gasteiger partial charge on any atom is 0.418 e. The van der Waals surface area contributed by atoms with Crippen LogP contribution in [0.5, 0.6) is 23.3 Å². The number of anilines is 3. The number of carbonyl (C=O) groups is 1. The summed E-state index contributed by atoms with van der Waals surface area (Å²) in [7, 11) is 4.72. The molecule has 3 aromatic heterocycles. The molecule has 1 saturated carbocycles. The van der Waals surface area contributed by atoms with E-state index in [0.29, 0.717) is 23.5 Å². The molecule has 0 unspecified atom stereocenters. The lowest BCUT2D eigenvalue weighted by Crippen LogP contribution is -2.40. The van der Waals surface area contributed by atoms with Gasteiger partial charge in [-0.05, 0) is 86.2 Å². The number of nitrogens with one attached hydrogen (secondary N) is 1. The molecule has 2 aliphatic rings. The number of aromatic nitrogens is 4. The molecule has 4 heterocycles. The third-order valence-corrected chi connectivity index (χ3v) is 12.7. The predicted octanol–water partition coefficient (Wildman–Crippen LogP) is 10.8. The van der Waals surface area contributed by atoms with Gasteiger partial charge in [-0.15, -0.1) is 0 Å². The minimum atomic E-state index is -5.02. The van der Waals surface area contributed by atoms with Crippen LogP contribution in [0.2, 0.25) is 5.02 Å². The van der Waals surface area contributed by atoms with Gasteiger partial charge >= 0.3 is 18.3 Å². The van der Waals surface area contributed by atoms with Crippen molar-refractivity contribution in [2.24, 2.45) is 0 Å². The molecule has 1 aliphatic heterocycles. The Balaban J connectivity index is 1.32. The number of benzene rings is 3. The molecule has 0 spiro atoms. The van der Waals surface area contributed by atoms with E-state index >= 15 is 17.6 Å². The van der Waals surface area contributed by atoms with Crippen molar-refractivity contribution in [3.05, 3.63) is 112 Å². The van der Waals surface area contributed by atoms with Crippen molar-refractivity contribution in [1.29, 1.82) is 0 Å². The van der Waals surface area contributed by atoms with E-state index in [1.807, 2.05) is 24.3 Å². The van der Waals surface area contributed by atoms with E-state index in [0.717, 1.165) is 30.4 Å². The molecule has 0 saturated heterocycles. The van der Waals surface area contributed by atoms with Gasteiger partial charge in [0.2, 0.25) is 0 Å². The summed E-state index contributed by atoms with van der Waals surface area (Å²) in [5.41, 5.74) is -1.69. The number of carboxylic acid groups (broad SMARTS) is 1. The van der Waals surface area contributed by atoms with Crippen molar-refractivity contribution >= 4 is 46.1 Å². The average Bonchev–Trinajstić information content (AvgIpc) is 3.49. The van der Waals surface area contributed by atoms with Crippen molar-refractivity contribution in [2.45, 2.75) is 70.4 Å². The molecule has 1 atom stereocenters. The highest BCUT2D eigenvalue weighted by Gasteiger charge is 2.41. The first kappa shape index (κ1) is 46.9. The number of hydrogen-bond acceptors (Lipinski definition) is 12. The van der Waals surface area contributed by atoms with Crippen LogP contribution in [0.25, 0.3) is 22.2 Å². The Labute approximate surface area is 388 Å². The molecule has 352 valence electrons. The highest BCUT2D eigenvalue weighted by Crippen LogP contribution is 2.51. The summed E-state index contributed by atoms with van der Waals surface area (Å²) in [6, 6.07) is 18.1. The second kappa shape index (κ2) is 19.3. The van der Waals surface area contributed by atoms with Gasteiger partial charge in [0.1, 0.15) is 41.1 Å². The fourth-order valence-corrected chi connectivity index (χ4v) is 8.96. The fourth-order valence-electron chi connectivity index (χ4n) is 8.64. The molecule has 0 radical (unpaired) electrons. The number of amides is 1. The number of ether oxygens (including phenoxy) is 5. The lowest BCUT2D eigenvalue weighted by molar-refractivity contribution is -0.137. The molecule has 8 rings (SSSR count). The predicted molar refractivity (Wildman–Crippen MR) is 244 cm³/mol. The number of methoxy groups -OCH3 is 3. The van der Waals surface area contributed by atoms with Gasteiger partial charge < -0.3 is 38.6 Å². The van der Waals surface area contributed by atoms with Crippen molar-refractivity contribution in [1.82, 2.24) is 19.9 Å². The summed E-state index contributed by atoms with van der Waals surface area (Å²) in [6.45, 7) is 3.49. The summed E-state index contributed by atoms with van der Waals surface area (Å²) in [6.07, 6.45) is -1.84. The van der Waals surface area contributed by atoms with Crippen LogP contribution in [0.3, 0.4) is 0 Å². The highest BCUT2D eigenvalue weighted by atomic mass is 35.5. The van der Waals surface area contributed by atoms with Crippen LogP contribution in [-0.2, 0) is 24.0 Å². The van der Waals surface area contributed by atoms with Crippen LogP contribution < -0.4 is 34.1 Å². The van der Waals surface area contributed by atoms with E-state index in [2.05, 4.69) is 20.3 Å². The van der Waals surface area contributed by atoms with Gasteiger partial charge in [-0.1, -0.05) is 41.9 Å². The second-order valence-corrected chi connectivity index (χ2v) is 16.8. The van der Waals surface area contributed by atoms with Crippen LogP contribution in [0.4, 0.5) is 39.8 Å². The van der Waals surface area contributed by atoms with Crippen LogP contribution in [-0.4, -0.2) is 77.8 Å². The molecule has 1 aliphatic carbocycles. The first-order chi connectivity index (χ1) is 32.1. The first-order valence-electron chi connectivity index (χ1n) is 21.5. The highest BCUT2D eigenvalue weighted by molar-refractivity contribution is 6.36. The van der Waals surface area contributed by atoms with Gasteiger partial charge in [0.05, 0.1) is 66.2 Å². The Morgan fingerprint density at radius 3 is 2.22 bits per heavy atom. The molecule has 1 fully saturated rings.